The first-order valence-corrected chi connectivity index (χ1v) is 7.49. The van der Waals surface area contributed by atoms with E-state index in [1.165, 1.54) is 24.3 Å². The predicted molar refractivity (Wildman–Crippen MR) is 82.2 cm³/mol. The lowest BCUT2D eigenvalue weighted by Crippen LogP contribution is -2.61. The Morgan fingerprint density at radius 3 is 2.20 bits per heavy atom. The average molecular weight is 369 g/mol. The normalized spacial score (nSPS) is 24.2. The lowest BCUT2D eigenvalue weighted by molar-refractivity contribution is -0.169. The van der Waals surface area contributed by atoms with Crippen LogP contribution in [0.5, 0.6) is 0 Å². The Labute approximate surface area is 146 Å². The van der Waals surface area contributed by atoms with Crippen LogP contribution < -0.4 is 10.4 Å². The van der Waals surface area contributed by atoms with Crippen molar-refractivity contribution in [3.63, 3.8) is 0 Å². The third-order valence-electron chi connectivity index (χ3n) is 4.17. The highest BCUT2D eigenvalue weighted by Gasteiger charge is 2.71. The SMILES string of the molecule is COC(=O)C1(C(=O)OC)NO[C@H]2C(=O)N(c3ccc(Cl)cc3)C(=O)[C@H]21. The zero-order valence-corrected chi connectivity index (χ0v) is 13.9. The first-order valence-electron chi connectivity index (χ1n) is 7.11. The molecule has 2 atom stereocenters. The summed E-state index contributed by atoms with van der Waals surface area (Å²) in [5.41, 5.74) is 0.152. The van der Waals surface area contributed by atoms with Crippen LogP contribution in [-0.2, 0) is 33.5 Å². The molecule has 2 saturated heterocycles. The topological polar surface area (TPSA) is 111 Å². The number of halogens is 1. The summed E-state index contributed by atoms with van der Waals surface area (Å²) in [7, 11) is 2.08. The molecule has 10 heteroatoms. The van der Waals surface area contributed by atoms with Crippen LogP contribution in [0.2, 0.25) is 5.02 Å². The molecule has 1 N–H and O–H groups in total. The van der Waals surface area contributed by atoms with Crippen molar-refractivity contribution >= 4 is 41.0 Å². The second-order valence-corrected chi connectivity index (χ2v) is 5.83. The van der Waals surface area contributed by atoms with E-state index in [2.05, 4.69) is 15.0 Å². The first-order chi connectivity index (χ1) is 11.9. The van der Waals surface area contributed by atoms with Gasteiger partial charge in [0.2, 0.25) is 5.91 Å². The molecule has 2 amide bonds. The maximum Gasteiger partial charge on any atom is 0.341 e. The van der Waals surface area contributed by atoms with Gasteiger partial charge in [0.15, 0.2) is 6.10 Å². The summed E-state index contributed by atoms with van der Waals surface area (Å²) in [6.45, 7) is 0. The van der Waals surface area contributed by atoms with Crippen LogP contribution >= 0.6 is 11.6 Å². The minimum absolute atomic E-state index is 0.237. The number of benzene rings is 1. The monoisotopic (exact) mass is 368 g/mol. The fraction of sp³-hybridized carbons (Fsp3) is 0.333. The average Bonchev–Trinajstić information content (AvgIpc) is 3.13. The molecule has 0 radical (unpaired) electrons. The zero-order chi connectivity index (χ0) is 18.4. The summed E-state index contributed by atoms with van der Waals surface area (Å²) in [6.07, 6.45) is -1.37. The van der Waals surface area contributed by atoms with Crippen LogP contribution in [-0.4, -0.2) is 49.6 Å². The van der Waals surface area contributed by atoms with Crippen LogP contribution in [0.25, 0.3) is 0 Å². The molecule has 0 saturated carbocycles. The fourth-order valence-corrected chi connectivity index (χ4v) is 3.11. The Kier molecular flexibility index (Phi) is 4.23. The van der Waals surface area contributed by atoms with Crippen molar-refractivity contribution in [2.45, 2.75) is 11.6 Å². The lowest BCUT2D eigenvalue weighted by Gasteiger charge is -2.26. The van der Waals surface area contributed by atoms with Crippen molar-refractivity contribution in [3.8, 4) is 0 Å². The summed E-state index contributed by atoms with van der Waals surface area (Å²) in [6, 6.07) is 5.92. The molecule has 2 heterocycles. The Hall–Kier alpha value is -2.49. The third kappa shape index (κ3) is 2.31. The molecule has 0 aromatic heterocycles. The minimum Gasteiger partial charge on any atom is -0.467 e. The van der Waals surface area contributed by atoms with Gasteiger partial charge in [-0.1, -0.05) is 11.6 Å². The largest absolute Gasteiger partial charge is 0.467 e. The quantitative estimate of drug-likeness (QED) is 0.444. The Balaban J connectivity index is 2.06. The molecule has 2 aliphatic heterocycles. The standard InChI is InChI=1S/C15H13ClN2O7/c1-23-13(21)15(14(22)24-2)9-10(25-17-15)12(20)18(11(9)19)8-5-3-7(16)4-6-8/h3-6,9-10,17H,1-2H3/t9-,10+/m0/s1. The summed E-state index contributed by atoms with van der Waals surface area (Å²) in [4.78, 5) is 55.9. The van der Waals surface area contributed by atoms with E-state index in [-0.39, 0.29) is 5.69 Å². The van der Waals surface area contributed by atoms with E-state index in [9.17, 15) is 19.2 Å². The van der Waals surface area contributed by atoms with Gasteiger partial charge in [0.25, 0.3) is 11.4 Å². The number of methoxy groups -OCH3 is 2. The van der Waals surface area contributed by atoms with E-state index < -0.39 is 41.3 Å². The van der Waals surface area contributed by atoms with Gasteiger partial charge in [0, 0.05) is 5.02 Å². The van der Waals surface area contributed by atoms with Gasteiger partial charge in [-0.2, -0.15) is 5.48 Å². The van der Waals surface area contributed by atoms with Crippen molar-refractivity contribution < 1.29 is 33.5 Å². The zero-order valence-electron chi connectivity index (χ0n) is 13.1. The maximum absolute atomic E-state index is 12.9. The molecule has 2 aliphatic rings. The van der Waals surface area contributed by atoms with E-state index >= 15 is 0 Å². The first kappa shape index (κ1) is 17.3. The number of rotatable bonds is 3. The van der Waals surface area contributed by atoms with Gasteiger partial charge in [0.05, 0.1) is 19.9 Å². The highest BCUT2D eigenvalue weighted by atomic mass is 35.5. The number of hydrogen-bond donors (Lipinski definition) is 1. The number of hydroxylamine groups is 1. The Bertz CT molecular complexity index is 748. The number of fused-ring (bicyclic) bond motifs is 1. The molecular weight excluding hydrogens is 356 g/mol. The summed E-state index contributed by atoms with van der Waals surface area (Å²) in [5, 5.41) is 0.416. The molecule has 132 valence electrons. The van der Waals surface area contributed by atoms with Crippen molar-refractivity contribution in [2.75, 3.05) is 19.1 Å². The number of anilines is 1. The summed E-state index contributed by atoms with van der Waals surface area (Å²) < 4.78 is 9.25. The molecule has 0 bridgehead atoms. The van der Waals surface area contributed by atoms with Crippen molar-refractivity contribution in [3.05, 3.63) is 29.3 Å². The van der Waals surface area contributed by atoms with Crippen LogP contribution in [0, 0.1) is 5.92 Å². The van der Waals surface area contributed by atoms with Gasteiger partial charge in [-0.25, -0.2) is 14.5 Å². The highest BCUT2D eigenvalue weighted by Crippen LogP contribution is 2.40. The van der Waals surface area contributed by atoms with E-state index in [0.29, 0.717) is 5.02 Å². The number of amides is 2. The van der Waals surface area contributed by atoms with Crippen molar-refractivity contribution in [2.24, 2.45) is 5.92 Å². The molecule has 2 fully saturated rings. The second-order valence-electron chi connectivity index (χ2n) is 5.40. The van der Waals surface area contributed by atoms with E-state index in [1.807, 2.05) is 0 Å². The fourth-order valence-electron chi connectivity index (χ4n) is 2.98. The number of carbonyl (C=O) groups is 4. The summed E-state index contributed by atoms with van der Waals surface area (Å²) >= 11 is 5.81. The van der Waals surface area contributed by atoms with Crippen LogP contribution in [0.3, 0.4) is 0 Å². The highest BCUT2D eigenvalue weighted by molar-refractivity contribution is 6.31. The van der Waals surface area contributed by atoms with Crippen LogP contribution in [0.15, 0.2) is 24.3 Å². The minimum atomic E-state index is -2.26. The molecular formula is C15H13ClN2O7. The molecule has 0 spiro atoms. The summed E-state index contributed by atoms with van der Waals surface area (Å²) in [5.74, 6) is -5.16. The molecule has 1 aromatic carbocycles. The van der Waals surface area contributed by atoms with Gasteiger partial charge in [-0.05, 0) is 24.3 Å². The smallest absolute Gasteiger partial charge is 0.341 e. The van der Waals surface area contributed by atoms with Gasteiger partial charge < -0.3 is 9.47 Å². The van der Waals surface area contributed by atoms with Gasteiger partial charge in [-0.15, -0.1) is 0 Å². The predicted octanol–water partition coefficient (Wildman–Crippen LogP) is -0.182. The third-order valence-corrected chi connectivity index (χ3v) is 4.42. The Morgan fingerprint density at radius 1 is 1.12 bits per heavy atom. The molecule has 9 nitrogen and oxygen atoms in total. The van der Waals surface area contributed by atoms with E-state index in [4.69, 9.17) is 16.4 Å². The van der Waals surface area contributed by atoms with Crippen molar-refractivity contribution in [1.82, 2.24) is 5.48 Å². The number of nitrogens with one attached hydrogen (secondary N) is 1. The number of imide groups is 1. The molecule has 25 heavy (non-hydrogen) atoms. The number of hydrogen-bond acceptors (Lipinski definition) is 8. The molecule has 1 aromatic rings. The Morgan fingerprint density at radius 2 is 1.68 bits per heavy atom. The van der Waals surface area contributed by atoms with E-state index in [1.54, 1.807) is 0 Å². The van der Waals surface area contributed by atoms with E-state index in [0.717, 1.165) is 19.1 Å². The van der Waals surface area contributed by atoms with Gasteiger partial charge in [0.1, 0.15) is 5.92 Å². The number of carbonyl (C=O) groups excluding carboxylic acids is 4. The number of nitrogens with zero attached hydrogens (tertiary/aromatic N) is 1. The maximum atomic E-state index is 12.9. The van der Waals surface area contributed by atoms with Gasteiger partial charge in [-0.3, -0.25) is 14.4 Å². The second kappa shape index (κ2) is 6.10. The van der Waals surface area contributed by atoms with Crippen molar-refractivity contribution in [1.29, 1.82) is 0 Å². The molecule has 3 rings (SSSR count). The lowest BCUT2D eigenvalue weighted by atomic mass is 9.82. The number of esters is 2. The van der Waals surface area contributed by atoms with Gasteiger partial charge >= 0.3 is 11.9 Å². The molecule has 0 unspecified atom stereocenters. The van der Waals surface area contributed by atoms with Crippen LogP contribution in [0.1, 0.15) is 0 Å². The number of ether oxygens (including phenoxy) is 2. The molecule has 0 aliphatic carbocycles. The van der Waals surface area contributed by atoms with Crippen LogP contribution in [0.4, 0.5) is 5.69 Å².